The van der Waals surface area contributed by atoms with Crippen molar-refractivity contribution < 1.29 is 24.3 Å². The highest BCUT2D eigenvalue weighted by atomic mass is 16.5. The Labute approximate surface area is 190 Å². The number of methoxy groups -OCH3 is 2. The van der Waals surface area contributed by atoms with Crippen LogP contribution in [0.4, 0.5) is 5.69 Å². The van der Waals surface area contributed by atoms with Crippen molar-refractivity contribution in [1.82, 2.24) is 10.0 Å². The summed E-state index contributed by atoms with van der Waals surface area (Å²) in [5.74, 6) is -0.0692. The van der Waals surface area contributed by atoms with Gasteiger partial charge >= 0.3 is 0 Å². The fourth-order valence-corrected chi connectivity index (χ4v) is 3.58. The molecule has 0 atom stereocenters. The number of ether oxygens (including phenoxy) is 2. The zero-order chi connectivity index (χ0) is 23.8. The molecule has 0 fully saturated rings. The lowest BCUT2D eigenvalue weighted by molar-refractivity contribution is -0.129. The summed E-state index contributed by atoms with van der Waals surface area (Å²) in [5, 5.41) is 11.7. The first-order valence-corrected chi connectivity index (χ1v) is 10.6. The van der Waals surface area contributed by atoms with Gasteiger partial charge in [-0.15, -0.1) is 0 Å². The third-order valence-corrected chi connectivity index (χ3v) is 5.29. The fraction of sp³-hybridized carbons (Fsp3) is 0.292. The molecule has 0 radical (unpaired) electrons. The second-order valence-corrected chi connectivity index (χ2v) is 7.46. The van der Waals surface area contributed by atoms with Gasteiger partial charge in [-0.1, -0.05) is 24.6 Å². The molecule has 9 heteroatoms. The van der Waals surface area contributed by atoms with E-state index in [1.54, 1.807) is 48.1 Å². The van der Waals surface area contributed by atoms with E-state index in [1.807, 2.05) is 10.6 Å². The number of fused-ring (bicyclic) bond motifs is 1. The highest BCUT2D eigenvalue weighted by molar-refractivity contribution is 6.06. The Kier molecular flexibility index (Phi) is 8.04. The van der Waals surface area contributed by atoms with Crippen LogP contribution in [0.25, 0.3) is 10.9 Å². The van der Waals surface area contributed by atoms with Crippen LogP contribution in [-0.4, -0.2) is 35.8 Å². The Morgan fingerprint density at radius 3 is 2.36 bits per heavy atom. The van der Waals surface area contributed by atoms with Crippen LogP contribution in [0.2, 0.25) is 0 Å². The summed E-state index contributed by atoms with van der Waals surface area (Å²) < 4.78 is 12.6. The SMILES string of the molecule is COc1cc2c(=O)c(C(=O)Nc3ccccc3)cn(CCCCCC(=O)NO)c2cc1OC. The number of carbonyl (C=O) groups excluding carboxylic acids is 2. The molecule has 0 saturated heterocycles. The summed E-state index contributed by atoms with van der Waals surface area (Å²) in [6.45, 7) is 0.513. The van der Waals surface area contributed by atoms with Crippen LogP contribution < -0.4 is 25.7 Å². The monoisotopic (exact) mass is 453 g/mol. The van der Waals surface area contributed by atoms with E-state index in [9.17, 15) is 14.4 Å². The molecule has 0 saturated carbocycles. The number of rotatable bonds is 10. The average molecular weight is 453 g/mol. The number of nitrogens with zero attached hydrogens (tertiary/aromatic N) is 1. The number of hydrogen-bond acceptors (Lipinski definition) is 6. The van der Waals surface area contributed by atoms with Crippen molar-refractivity contribution in [3.63, 3.8) is 0 Å². The largest absolute Gasteiger partial charge is 0.493 e. The topological polar surface area (TPSA) is 119 Å². The van der Waals surface area contributed by atoms with E-state index in [0.717, 1.165) is 6.42 Å². The van der Waals surface area contributed by atoms with Gasteiger partial charge in [0.1, 0.15) is 5.56 Å². The maximum atomic E-state index is 13.2. The van der Waals surface area contributed by atoms with Crippen molar-refractivity contribution >= 4 is 28.4 Å². The van der Waals surface area contributed by atoms with Crippen LogP contribution in [0.3, 0.4) is 0 Å². The van der Waals surface area contributed by atoms with Crippen LogP contribution in [0.15, 0.2) is 53.5 Å². The van der Waals surface area contributed by atoms with Crippen molar-refractivity contribution in [1.29, 1.82) is 0 Å². The Balaban J connectivity index is 1.97. The molecule has 0 unspecified atom stereocenters. The Bertz CT molecular complexity index is 1190. The first-order valence-electron chi connectivity index (χ1n) is 10.6. The van der Waals surface area contributed by atoms with Crippen LogP contribution in [0.5, 0.6) is 11.5 Å². The molecule has 0 aliphatic heterocycles. The third-order valence-electron chi connectivity index (χ3n) is 5.29. The minimum absolute atomic E-state index is 0.0123. The summed E-state index contributed by atoms with van der Waals surface area (Å²) in [6.07, 6.45) is 3.79. The minimum atomic E-state index is -0.503. The van der Waals surface area contributed by atoms with Crippen LogP contribution in [0, 0.1) is 0 Å². The van der Waals surface area contributed by atoms with Crippen LogP contribution in [0.1, 0.15) is 36.0 Å². The molecule has 174 valence electrons. The standard InChI is InChI=1S/C24H27N3O6/c1-32-20-13-17-19(14-21(20)33-2)27(12-8-4-7-11-22(28)26-31)15-18(23(17)29)24(30)25-16-9-5-3-6-10-16/h3,5-6,9-10,13-15,31H,4,7-8,11-12H2,1-2H3,(H,25,30)(H,26,28). The van der Waals surface area contributed by atoms with Gasteiger partial charge in [-0.05, 0) is 31.0 Å². The molecule has 0 bridgehead atoms. The van der Waals surface area contributed by atoms with Crippen LogP contribution in [-0.2, 0) is 11.3 Å². The van der Waals surface area contributed by atoms with E-state index in [-0.39, 0.29) is 12.0 Å². The number of hydrogen-bond donors (Lipinski definition) is 3. The third kappa shape index (κ3) is 5.69. The number of para-hydroxylation sites is 1. The first-order chi connectivity index (χ1) is 16.0. The van der Waals surface area contributed by atoms with Gasteiger partial charge in [0.2, 0.25) is 11.3 Å². The van der Waals surface area contributed by atoms with E-state index >= 15 is 0 Å². The number of unbranched alkanes of at least 4 members (excludes halogenated alkanes) is 2. The molecule has 1 aromatic heterocycles. The molecule has 0 aliphatic carbocycles. The fourth-order valence-electron chi connectivity index (χ4n) is 3.58. The zero-order valence-electron chi connectivity index (χ0n) is 18.6. The Morgan fingerprint density at radius 2 is 1.70 bits per heavy atom. The van der Waals surface area contributed by atoms with Gasteiger partial charge in [-0.25, -0.2) is 5.48 Å². The predicted octanol–water partition coefficient (Wildman–Crippen LogP) is 3.34. The van der Waals surface area contributed by atoms with E-state index in [1.165, 1.54) is 14.2 Å². The van der Waals surface area contributed by atoms with Gasteiger partial charge < -0.3 is 19.4 Å². The van der Waals surface area contributed by atoms with Crippen LogP contribution >= 0.6 is 0 Å². The normalized spacial score (nSPS) is 10.6. The van der Waals surface area contributed by atoms with Crippen molar-refractivity contribution in [3.05, 3.63) is 64.4 Å². The predicted molar refractivity (Wildman–Crippen MR) is 124 cm³/mol. The zero-order valence-corrected chi connectivity index (χ0v) is 18.6. The van der Waals surface area contributed by atoms with Gasteiger partial charge in [0, 0.05) is 30.9 Å². The maximum absolute atomic E-state index is 13.2. The number of pyridine rings is 1. The quantitative estimate of drug-likeness (QED) is 0.246. The lowest BCUT2D eigenvalue weighted by atomic mass is 10.1. The average Bonchev–Trinajstić information content (AvgIpc) is 2.84. The molecule has 1 heterocycles. The van der Waals surface area contributed by atoms with Gasteiger partial charge in [0.15, 0.2) is 11.5 Å². The first kappa shape index (κ1) is 23.8. The van der Waals surface area contributed by atoms with Crippen molar-refractivity contribution in [2.24, 2.45) is 0 Å². The molecule has 0 spiro atoms. The number of aromatic nitrogens is 1. The summed E-state index contributed by atoms with van der Waals surface area (Å²) in [4.78, 5) is 37.4. The Hall–Kier alpha value is -3.85. The van der Waals surface area contributed by atoms with Gasteiger partial charge in [-0.3, -0.25) is 19.6 Å². The molecule has 3 N–H and O–H groups in total. The van der Waals surface area contributed by atoms with E-state index in [4.69, 9.17) is 14.7 Å². The number of aryl methyl sites for hydroxylation is 1. The smallest absolute Gasteiger partial charge is 0.261 e. The number of anilines is 1. The molecule has 33 heavy (non-hydrogen) atoms. The molecule has 0 aliphatic rings. The number of hydroxylamine groups is 1. The number of benzene rings is 2. The maximum Gasteiger partial charge on any atom is 0.261 e. The summed E-state index contributed by atoms with van der Waals surface area (Å²) in [7, 11) is 3.00. The van der Waals surface area contributed by atoms with E-state index < -0.39 is 17.2 Å². The van der Waals surface area contributed by atoms with Crippen molar-refractivity contribution in [2.45, 2.75) is 32.2 Å². The molecule has 2 amide bonds. The minimum Gasteiger partial charge on any atom is -0.493 e. The second kappa shape index (κ2) is 11.1. The van der Waals surface area contributed by atoms with Crippen molar-refractivity contribution in [3.8, 4) is 11.5 Å². The van der Waals surface area contributed by atoms with E-state index in [0.29, 0.717) is 47.5 Å². The molecular weight excluding hydrogens is 426 g/mol. The number of nitrogens with one attached hydrogen (secondary N) is 2. The lowest BCUT2D eigenvalue weighted by Gasteiger charge is -2.16. The Morgan fingerprint density at radius 1 is 1.00 bits per heavy atom. The molecular formula is C24H27N3O6. The van der Waals surface area contributed by atoms with Gasteiger partial charge in [0.05, 0.1) is 25.1 Å². The summed E-state index contributed by atoms with van der Waals surface area (Å²) in [5.41, 5.74) is 2.42. The van der Waals surface area contributed by atoms with E-state index in [2.05, 4.69) is 5.32 Å². The number of amides is 2. The summed E-state index contributed by atoms with van der Waals surface area (Å²) >= 11 is 0. The molecule has 3 aromatic rings. The number of carbonyl (C=O) groups is 2. The summed E-state index contributed by atoms with van der Waals surface area (Å²) in [6, 6.07) is 12.2. The highest BCUT2D eigenvalue weighted by Crippen LogP contribution is 2.31. The molecule has 3 rings (SSSR count). The lowest BCUT2D eigenvalue weighted by Crippen LogP contribution is -2.24. The highest BCUT2D eigenvalue weighted by Gasteiger charge is 2.18. The molecule has 2 aromatic carbocycles. The van der Waals surface area contributed by atoms with Gasteiger partial charge in [0.25, 0.3) is 5.91 Å². The van der Waals surface area contributed by atoms with Gasteiger partial charge in [-0.2, -0.15) is 0 Å². The second-order valence-electron chi connectivity index (χ2n) is 7.46. The van der Waals surface area contributed by atoms with Crippen molar-refractivity contribution in [2.75, 3.05) is 19.5 Å². The molecule has 9 nitrogen and oxygen atoms in total.